The first-order valence-corrected chi connectivity index (χ1v) is 13.0. The molecule has 0 spiro atoms. The third-order valence-electron chi connectivity index (χ3n) is 7.44. The lowest BCUT2D eigenvalue weighted by molar-refractivity contribution is -0.132. The van der Waals surface area contributed by atoms with Gasteiger partial charge in [0.15, 0.2) is 5.82 Å². The fraction of sp³-hybridized carbons (Fsp3) is 0.679. The molecule has 0 unspecified atom stereocenters. The molecule has 194 valence electrons. The van der Waals surface area contributed by atoms with Crippen molar-refractivity contribution in [2.24, 2.45) is 16.7 Å². The molecule has 7 heteroatoms. The topological polar surface area (TPSA) is 84.7 Å². The number of aliphatic hydroxyl groups excluding tert-OH is 1. The Morgan fingerprint density at radius 1 is 1.23 bits per heavy atom. The predicted molar refractivity (Wildman–Crippen MR) is 139 cm³/mol. The van der Waals surface area contributed by atoms with Crippen LogP contribution in [-0.2, 0) is 11.3 Å². The van der Waals surface area contributed by atoms with Gasteiger partial charge in [0.1, 0.15) is 12.3 Å². The van der Waals surface area contributed by atoms with E-state index in [1.165, 1.54) is 0 Å². The van der Waals surface area contributed by atoms with Crippen LogP contribution in [0.5, 0.6) is 5.75 Å². The second-order valence-corrected chi connectivity index (χ2v) is 11.6. The number of carbonyl (C=O) groups excluding carboxylic acids is 2. The third-order valence-corrected chi connectivity index (χ3v) is 7.44. The van der Waals surface area contributed by atoms with Gasteiger partial charge in [-0.25, -0.2) is 4.98 Å². The number of carbonyl (C=O) groups is 2. The van der Waals surface area contributed by atoms with Crippen LogP contribution >= 0.6 is 0 Å². The molecule has 0 atom stereocenters. The fourth-order valence-electron chi connectivity index (χ4n) is 4.89. The minimum Gasteiger partial charge on any atom is -0.497 e. The molecule has 1 aliphatic carbocycles. The summed E-state index contributed by atoms with van der Waals surface area (Å²) in [4.78, 5) is 34.1. The molecule has 2 aromatic rings. The number of methoxy groups -OCH3 is 1. The van der Waals surface area contributed by atoms with Gasteiger partial charge in [0, 0.05) is 31.2 Å². The van der Waals surface area contributed by atoms with Crippen molar-refractivity contribution in [1.82, 2.24) is 14.5 Å². The Bertz CT molecular complexity index is 1030. The van der Waals surface area contributed by atoms with E-state index in [4.69, 9.17) is 9.72 Å². The Balaban J connectivity index is 1.97. The van der Waals surface area contributed by atoms with Crippen molar-refractivity contribution in [3.8, 4) is 5.75 Å². The van der Waals surface area contributed by atoms with Crippen LogP contribution in [0.3, 0.4) is 0 Å². The van der Waals surface area contributed by atoms with Crippen molar-refractivity contribution in [1.29, 1.82) is 0 Å². The summed E-state index contributed by atoms with van der Waals surface area (Å²) < 4.78 is 7.23. The van der Waals surface area contributed by atoms with Crippen LogP contribution in [0, 0.1) is 16.7 Å². The predicted octanol–water partition coefficient (Wildman–Crippen LogP) is 5.09. The summed E-state index contributed by atoms with van der Waals surface area (Å²) in [5.41, 5.74) is 1.00. The zero-order valence-corrected chi connectivity index (χ0v) is 22.4. The number of rotatable bonds is 10. The van der Waals surface area contributed by atoms with E-state index in [0.717, 1.165) is 31.2 Å². The number of amides is 1. The van der Waals surface area contributed by atoms with Crippen molar-refractivity contribution < 1.29 is 19.4 Å². The molecule has 1 aromatic carbocycles. The molecule has 1 fully saturated rings. The molecule has 7 nitrogen and oxygen atoms in total. The van der Waals surface area contributed by atoms with Crippen LogP contribution in [0.25, 0.3) is 11.0 Å². The molecule has 0 radical (unpaired) electrons. The monoisotopic (exact) mass is 485 g/mol. The number of aromatic nitrogens is 2. The van der Waals surface area contributed by atoms with Crippen LogP contribution in [0.4, 0.5) is 0 Å². The van der Waals surface area contributed by atoms with Gasteiger partial charge in [-0.2, -0.15) is 0 Å². The molecule has 0 aliphatic heterocycles. The van der Waals surface area contributed by atoms with Crippen molar-refractivity contribution in [2.75, 3.05) is 26.8 Å². The van der Waals surface area contributed by atoms with Gasteiger partial charge in [0.05, 0.1) is 18.1 Å². The average Bonchev–Trinajstić information content (AvgIpc) is 3.18. The molecule has 1 heterocycles. The van der Waals surface area contributed by atoms with Gasteiger partial charge >= 0.3 is 0 Å². The first-order chi connectivity index (χ1) is 16.5. The highest BCUT2D eigenvalue weighted by Crippen LogP contribution is 2.41. The number of hydrogen-bond donors (Lipinski definition) is 1. The zero-order valence-electron chi connectivity index (χ0n) is 22.4. The fourth-order valence-corrected chi connectivity index (χ4v) is 4.89. The molecule has 1 aliphatic rings. The lowest BCUT2D eigenvalue weighted by atomic mass is 9.69. The van der Waals surface area contributed by atoms with Crippen LogP contribution < -0.4 is 4.74 Å². The molecule has 0 saturated heterocycles. The van der Waals surface area contributed by atoms with Crippen molar-refractivity contribution in [3.05, 3.63) is 24.0 Å². The molecule has 0 bridgehead atoms. The van der Waals surface area contributed by atoms with E-state index in [1.807, 2.05) is 30.0 Å². The highest BCUT2D eigenvalue weighted by Gasteiger charge is 2.40. The van der Waals surface area contributed by atoms with E-state index in [9.17, 15) is 14.7 Å². The second-order valence-electron chi connectivity index (χ2n) is 11.6. The van der Waals surface area contributed by atoms with Gasteiger partial charge < -0.3 is 19.3 Å². The molecule has 1 aromatic heterocycles. The van der Waals surface area contributed by atoms with Crippen molar-refractivity contribution in [2.45, 2.75) is 79.7 Å². The largest absolute Gasteiger partial charge is 0.497 e. The molecular formula is C28H43N3O4. The SMILES string of the molecule is CCCN(CCC(C)(C)C)C(=O)Cn1c(C(=O)C2(C)CCC(CO)CC2)nc2ccc(OC)cc21. The Kier molecular flexibility index (Phi) is 8.63. The van der Waals surface area contributed by atoms with E-state index >= 15 is 0 Å². The minimum atomic E-state index is -0.548. The smallest absolute Gasteiger partial charge is 0.242 e. The number of nitrogens with zero attached hydrogens (tertiary/aromatic N) is 3. The van der Waals surface area contributed by atoms with E-state index in [-0.39, 0.29) is 36.2 Å². The molecule has 1 N–H and O–H groups in total. The number of ether oxygens (including phenoxy) is 1. The summed E-state index contributed by atoms with van der Waals surface area (Å²) in [6.45, 7) is 12.2. The Morgan fingerprint density at radius 2 is 1.91 bits per heavy atom. The molecule has 3 rings (SSSR count). The first-order valence-electron chi connectivity index (χ1n) is 13.0. The molecular weight excluding hydrogens is 442 g/mol. The van der Waals surface area contributed by atoms with Gasteiger partial charge in [-0.3, -0.25) is 9.59 Å². The summed E-state index contributed by atoms with van der Waals surface area (Å²) in [7, 11) is 1.61. The van der Waals surface area contributed by atoms with E-state index in [2.05, 4.69) is 27.7 Å². The quantitative estimate of drug-likeness (QED) is 0.474. The maximum absolute atomic E-state index is 13.9. The van der Waals surface area contributed by atoms with Crippen LogP contribution in [-0.4, -0.2) is 58.1 Å². The average molecular weight is 486 g/mol. The van der Waals surface area contributed by atoms with Crippen LogP contribution in [0.1, 0.15) is 83.8 Å². The van der Waals surface area contributed by atoms with E-state index < -0.39 is 5.41 Å². The maximum Gasteiger partial charge on any atom is 0.242 e. The third kappa shape index (κ3) is 6.43. The van der Waals surface area contributed by atoms with Gasteiger partial charge in [0.2, 0.25) is 11.7 Å². The zero-order chi connectivity index (χ0) is 25.8. The molecule has 1 amide bonds. The molecule has 1 saturated carbocycles. The summed E-state index contributed by atoms with van der Waals surface area (Å²) in [5.74, 6) is 1.25. The van der Waals surface area contributed by atoms with Crippen molar-refractivity contribution >= 4 is 22.7 Å². The lowest BCUT2D eigenvalue weighted by Gasteiger charge is -2.35. The number of fused-ring (bicyclic) bond motifs is 1. The number of benzene rings is 1. The van der Waals surface area contributed by atoms with Gasteiger partial charge in [-0.15, -0.1) is 0 Å². The number of aliphatic hydroxyl groups is 1. The summed E-state index contributed by atoms with van der Waals surface area (Å²) in [6, 6.07) is 5.54. The van der Waals surface area contributed by atoms with Gasteiger partial charge in [-0.05, 0) is 62.0 Å². The lowest BCUT2D eigenvalue weighted by Crippen LogP contribution is -2.38. The van der Waals surface area contributed by atoms with Gasteiger partial charge in [0.25, 0.3) is 0 Å². The Hall–Kier alpha value is -2.41. The number of imidazole rings is 1. The normalized spacial score (nSPS) is 20.7. The van der Waals surface area contributed by atoms with Crippen molar-refractivity contribution in [3.63, 3.8) is 0 Å². The number of ketones is 1. The highest BCUT2D eigenvalue weighted by molar-refractivity contribution is 6.01. The Labute approximate surface area is 209 Å². The maximum atomic E-state index is 13.9. The number of hydrogen-bond acceptors (Lipinski definition) is 5. The Morgan fingerprint density at radius 3 is 2.49 bits per heavy atom. The second kappa shape index (κ2) is 11.1. The minimum absolute atomic E-state index is 0.00131. The summed E-state index contributed by atoms with van der Waals surface area (Å²) in [6.07, 6.45) is 4.86. The summed E-state index contributed by atoms with van der Waals surface area (Å²) in [5, 5.41) is 9.54. The standard InChI is InChI=1S/C28H43N3O4/c1-7-15-30(16-14-27(2,3)4)24(33)18-31-23-17-21(35-6)8-9-22(23)29-26(31)25(34)28(5)12-10-20(19-32)11-13-28/h8-9,17,20,32H,7,10-16,18-19H2,1-6H3. The van der Waals surface area contributed by atoms with Crippen LogP contribution in [0.2, 0.25) is 0 Å². The first kappa shape index (κ1) is 27.2. The number of Topliss-reactive ketones (excluding diaryl/α,β-unsaturated/α-hetero) is 1. The summed E-state index contributed by atoms with van der Waals surface area (Å²) >= 11 is 0. The van der Waals surface area contributed by atoms with E-state index in [0.29, 0.717) is 43.0 Å². The van der Waals surface area contributed by atoms with E-state index in [1.54, 1.807) is 11.7 Å². The van der Waals surface area contributed by atoms with Gasteiger partial charge in [-0.1, -0.05) is 34.6 Å². The van der Waals surface area contributed by atoms with Crippen LogP contribution in [0.15, 0.2) is 18.2 Å². The highest BCUT2D eigenvalue weighted by atomic mass is 16.5. The molecule has 35 heavy (non-hydrogen) atoms.